The van der Waals surface area contributed by atoms with Crippen LogP contribution in [0.5, 0.6) is 0 Å². The maximum absolute atomic E-state index is 9.66. The van der Waals surface area contributed by atoms with Crippen molar-refractivity contribution >= 4 is 5.82 Å². The molecule has 18 heavy (non-hydrogen) atoms. The van der Waals surface area contributed by atoms with E-state index in [1.807, 2.05) is 12.1 Å². The highest BCUT2D eigenvalue weighted by molar-refractivity contribution is 5.44. The van der Waals surface area contributed by atoms with Gasteiger partial charge in [-0.15, -0.1) is 0 Å². The summed E-state index contributed by atoms with van der Waals surface area (Å²) in [5.74, 6) is 0.980. The molecule has 4 nitrogen and oxygen atoms in total. The molecule has 3 unspecified atom stereocenters. The summed E-state index contributed by atoms with van der Waals surface area (Å²) in [6, 6.07) is 4.35. The molecule has 0 bridgehead atoms. The van der Waals surface area contributed by atoms with Crippen molar-refractivity contribution in [1.82, 2.24) is 4.98 Å². The van der Waals surface area contributed by atoms with Crippen LogP contribution in [0.3, 0.4) is 0 Å². The van der Waals surface area contributed by atoms with Gasteiger partial charge in [0.25, 0.3) is 0 Å². The average molecular weight is 248 g/mol. The van der Waals surface area contributed by atoms with E-state index < -0.39 is 6.10 Å². The zero-order valence-electron chi connectivity index (χ0n) is 10.7. The molecule has 2 aliphatic rings. The van der Waals surface area contributed by atoms with Crippen LogP contribution in [0.4, 0.5) is 5.82 Å². The molecular weight excluding hydrogens is 228 g/mol. The van der Waals surface area contributed by atoms with E-state index in [0.29, 0.717) is 12.1 Å². The van der Waals surface area contributed by atoms with Crippen molar-refractivity contribution in [3.63, 3.8) is 0 Å². The standard InChI is InChI=1S/C14H20N2O2/c1-10(17)11-5-6-15-14(9-11)16-7-8-18-13-4-2-3-12(13)16/h5-6,9-10,12-13,17H,2-4,7-8H2,1H3. The number of aliphatic hydroxyl groups is 1. The molecule has 0 amide bonds. The van der Waals surface area contributed by atoms with E-state index in [0.717, 1.165) is 31.0 Å². The Labute approximate surface area is 108 Å². The van der Waals surface area contributed by atoms with Gasteiger partial charge in [0.1, 0.15) is 5.82 Å². The first-order valence-corrected chi connectivity index (χ1v) is 6.78. The van der Waals surface area contributed by atoms with Crippen LogP contribution in [0.15, 0.2) is 18.3 Å². The molecule has 0 aromatic carbocycles. The van der Waals surface area contributed by atoms with Crippen LogP contribution in [0.1, 0.15) is 37.9 Å². The summed E-state index contributed by atoms with van der Waals surface area (Å²) in [5.41, 5.74) is 0.932. The third-order valence-electron chi connectivity index (χ3n) is 4.03. The van der Waals surface area contributed by atoms with Gasteiger partial charge in [0, 0.05) is 12.7 Å². The molecule has 1 aromatic heterocycles. The van der Waals surface area contributed by atoms with Crippen LogP contribution in [0.25, 0.3) is 0 Å². The minimum Gasteiger partial charge on any atom is -0.389 e. The maximum atomic E-state index is 9.66. The van der Waals surface area contributed by atoms with Crippen molar-refractivity contribution in [1.29, 1.82) is 0 Å². The Hall–Kier alpha value is -1.13. The van der Waals surface area contributed by atoms with E-state index in [2.05, 4.69) is 9.88 Å². The van der Waals surface area contributed by atoms with Crippen molar-refractivity contribution in [2.45, 2.75) is 44.4 Å². The third kappa shape index (κ3) is 2.10. The van der Waals surface area contributed by atoms with Gasteiger partial charge in [-0.05, 0) is 43.9 Å². The lowest BCUT2D eigenvalue weighted by molar-refractivity contribution is 0.0253. The van der Waals surface area contributed by atoms with Gasteiger partial charge in [0.05, 0.1) is 24.9 Å². The number of rotatable bonds is 2. The molecule has 1 N–H and O–H groups in total. The zero-order valence-corrected chi connectivity index (χ0v) is 10.7. The second-order valence-electron chi connectivity index (χ2n) is 5.22. The van der Waals surface area contributed by atoms with Crippen molar-refractivity contribution in [3.05, 3.63) is 23.9 Å². The van der Waals surface area contributed by atoms with Crippen LogP contribution < -0.4 is 4.90 Å². The van der Waals surface area contributed by atoms with Crippen LogP contribution in [-0.4, -0.2) is 35.4 Å². The normalized spacial score (nSPS) is 29.1. The predicted octanol–water partition coefficient (Wildman–Crippen LogP) is 1.89. The number of pyridine rings is 1. The van der Waals surface area contributed by atoms with Crippen LogP contribution in [-0.2, 0) is 4.74 Å². The Kier molecular flexibility index (Phi) is 3.22. The Morgan fingerprint density at radius 3 is 3.22 bits per heavy atom. The van der Waals surface area contributed by atoms with Crippen molar-refractivity contribution in [2.75, 3.05) is 18.1 Å². The SMILES string of the molecule is CC(O)c1ccnc(N2CCOC3CCCC32)c1. The smallest absolute Gasteiger partial charge is 0.129 e. The number of aromatic nitrogens is 1. The lowest BCUT2D eigenvalue weighted by Gasteiger charge is -2.38. The van der Waals surface area contributed by atoms with Gasteiger partial charge in [-0.1, -0.05) is 0 Å². The average Bonchev–Trinajstić information content (AvgIpc) is 2.87. The predicted molar refractivity (Wildman–Crippen MR) is 69.6 cm³/mol. The van der Waals surface area contributed by atoms with Gasteiger partial charge in [-0.25, -0.2) is 4.98 Å². The molecule has 3 atom stereocenters. The molecule has 3 rings (SSSR count). The third-order valence-corrected chi connectivity index (χ3v) is 4.03. The van der Waals surface area contributed by atoms with E-state index in [4.69, 9.17) is 4.74 Å². The van der Waals surface area contributed by atoms with E-state index in [1.165, 1.54) is 12.8 Å². The Bertz CT molecular complexity index is 422. The second-order valence-corrected chi connectivity index (χ2v) is 5.22. The fourth-order valence-electron chi connectivity index (χ4n) is 3.06. The molecule has 0 spiro atoms. The van der Waals surface area contributed by atoms with Gasteiger partial charge in [-0.2, -0.15) is 0 Å². The summed E-state index contributed by atoms with van der Waals surface area (Å²) < 4.78 is 5.81. The number of hydrogen-bond donors (Lipinski definition) is 1. The molecule has 0 radical (unpaired) electrons. The van der Waals surface area contributed by atoms with Crippen LogP contribution in [0, 0.1) is 0 Å². The number of fused-ring (bicyclic) bond motifs is 1. The van der Waals surface area contributed by atoms with E-state index in [9.17, 15) is 5.11 Å². The van der Waals surface area contributed by atoms with Gasteiger partial charge < -0.3 is 14.7 Å². The highest BCUT2D eigenvalue weighted by atomic mass is 16.5. The highest BCUT2D eigenvalue weighted by Gasteiger charge is 2.36. The number of anilines is 1. The molecule has 2 fully saturated rings. The Morgan fingerprint density at radius 1 is 1.50 bits per heavy atom. The summed E-state index contributed by atoms with van der Waals surface area (Å²) in [7, 11) is 0. The molecule has 98 valence electrons. The first-order valence-electron chi connectivity index (χ1n) is 6.78. The van der Waals surface area contributed by atoms with Gasteiger partial charge in [0.2, 0.25) is 0 Å². The number of ether oxygens (including phenoxy) is 1. The largest absolute Gasteiger partial charge is 0.389 e. The van der Waals surface area contributed by atoms with Crippen LogP contribution in [0.2, 0.25) is 0 Å². The van der Waals surface area contributed by atoms with Crippen molar-refractivity contribution < 1.29 is 9.84 Å². The Morgan fingerprint density at radius 2 is 2.39 bits per heavy atom. The maximum Gasteiger partial charge on any atom is 0.129 e. The first-order chi connectivity index (χ1) is 8.75. The molecule has 1 aromatic rings. The van der Waals surface area contributed by atoms with Gasteiger partial charge in [0.15, 0.2) is 0 Å². The zero-order chi connectivity index (χ0) is 12.5. The van der Waals surface area contributed by atoms with Gasteiger partial charge in [-0.3, -0.25) is 0 Å². The first kappa shape index (κ1) is 11.9. The van der Waals surface area contributed by atoms with Crippen molar-refractivity contribution in [2.24, 2.45) is 0 Å². The lowest BCUT2D eigenvalue weighted by atomic mass is 10.1. The molecule has 2 heterocycles. The number of nitrogens with zero attached hydrogens (tertiary/aromatic N) is 2. The van der Waals surface area contributed by atoms with E-state index in [-0.39, 0.29) is 0 Å². The summed E-state index contributed by atoms with van der Waals surface area (Å²) in [5, 5.41) is 9.66. The molecule has 1 aliphatic heterocycles. The molecule has 1 saturated heterocycles. The monoisotopic (exact) mass is 248 g/mol. The molecule has 1 saturated carbocycles. The number of hydrogen-bond acceptors (Lipinski definition) is 4. The molecular formula is C14H20N2O2. The fraction of sp³-hybridized carbons (Fsp3) is 0.643. The summed E-state index contributed by atoms with van der Waals surface area (Å²) >= 11 is 0. The lowest BCUT2D eigenvalue weighted by Crippen LogP contribution is -2.49. The minimum absolute atomic E-state index is 0.371. The topological polar surface area (TPSA) is 45.6 Å². The molecule has 4 heteroatoms. The number of aliphatic hydroxyl groups excluding tert-OH is 1. The molecule has 1 aliphatic carbocycles. The Balaban J connectivity index is 1.86. The van der Waals surface area contributed by atoms with E-state index in [1.54, 1.807) is 13.1 Å². The fourth-order valence-corrected chi connectivity index (χ4v) is 3.06. The number of morpholine rings is 1. The summed E-state index contributed by atoms with van der Waals surface area (Å²) in [6.07, 6.45) is 5.31. The highest BCUT2D eigenvalue weighted by Crippen LogP contribution is 2.32. The van der Waals surface area contributed by atoms with Crippen molar-refractivity contribution in [3.8, 4) is 0 Å². The second kappa shape index (κ2) is 4.86. The summed E-state index contributed by atoms with van der Waals surface area (Å²) in [4.78, 5) is 6.82. The van der Waals surface area contributed by atoms with E-state index >= 15 is 0 Å². The van der Waals surface area contributed by atoms with Crippen LogP contribution >= 0.6 is 0 Å². The quantitative estimate of drug-likeness (QED) is 0.868. The summed E-state index contributed by atoms with van der Waals surface area (Å²) in [6.45, 7) is 3.47. The van der Waals surface area contributed by atoms with Gasteiger partial charge >= 0.3 is 0 Å². The minimum atomic E-state index is -0.438.